The van der Waals surface area contributed by atoms with Crippen LogP contribution in [0.15, 0.2) is 49.1 Å². The van der Waals surface area contributed by atoms with Gasteiger partial charge in [-0.25, -0.2) is 0 Å². The first-order chi connectivity index (χ1) is 11.8. The molecule has 1 amide bonds. The second kappa shape index (κ2) is 7.53. The quantitative estimate of drug-likeness (QED) is 0.494. The number of carbonyl (C=O) groups is 1. The van der Waals surface area contributed by atoms with Crippen LogP contribution in [0.4, 0.5) is 5.69 Å². The molecule has 0 fully saturated rings. The Morgan fingerprint density at radius 1 is 1.32 bits per heavy atom. The maximum atomic E-state index is 12.6. The molecule has 2 rings (SSSR count). The zero-order chi connectivity index (χ0) is 18.6. The highest BCUT2D eigenvalue weighted by molar-refractivity contribution is 6.34. The van der Waals surface area contributed by atoms with Gasteiger partial charge in [-0.05, 0) is 47.2 Å². The van der Waals surface area contributed by atoms with Gasteiger partial charge in [0.1, 0.15) is 5.75 Å². The van der Waals surface area contributed by atoms with Crippen molar-refractivity contribution in [2.75, 3.05) is 5.32 Å². The van der Waals surface area contributed by atoms with E-state index in [0.29, 0.717) is 16.3 Å². The first kappa shape index (κ1) is 18.7. The third-order valence-corrected chi connectivity index (χ3v) is 4.40. The number of hydrogen-bond donors (Lipinski definition) is 3. The summed E-state index contributed by atoms with van der Waals surface area (Å²) in [7, 11) is 0. The zero-order valence-electron chi connectivity index (χ0n) is 14.3. The molecule has 0 aliphatic rings. The van der Waals surface area contributed by atoms with Gasteiger partial charge >= 0.3 is 0 Å². The number of phenols is 1. The summed E-state index contributed by atoms with van der Waals surface area (Å²) in [6.07, 6.45) is 3.75. The van der Waals surface area contributed by atoms with Crippen molar-refractivity contribution in [2.24, 2.45) is 0 Å². The Labute approximate surface area is 152 Å². The molecule has 0 saturated heterocycles. The highest BCUT2D eigenvalue weighted by Gasteiger charge is 2.22. The van der Waals surface area contributed by atoms with E-state index in [9.17, 15) is 9.90 Å². The van der Waals surface area contributed by atoms with Crippen molar-refractivity contribution in [2.45, 2.75) is 25.7 Å². The second-order valence-electron chi connectivity index (χ2n) is 6.45. The average molecular weight is 357 g/mol. The van der Waals surface area contributed by atoms with Crippen LogP contribution in [0.5, 0.6) is 5.75 Å². The van der Waals surface area contributed by atoms with Crippen LogP contribution in [0, 0.1) is 5.41 Å². The molecule has 5 heteroatoms. The van der Waals surface area contributed by atoms with Gasteiger partial charge in [-0.1, -0.05) is 43.7 Å². The Bertz CT molecular complexity index is 828. The maximum Gasteiger partial charge on any atom is 0.259 e. The molecule has 2 aromatic carbocycles. The molecular weight excluding hydrogens is 336 g/mol. The molecule has 2 aromatic rings. The SMILES string of the molecule is C=CCC(C)(C)c1ccc(O)c(C(=O)Nc2ccc(C=N)cc2Cl)c1. The molecule has 0 aliphatic heterocycles. The van der Waals surface area contributed by atoms with Crippen molar-refractivity contribution in [3.63, 3.8) is 0 Å². The van der Waals surface area contributed by atoms with Crippen molar-refractivity contribution in [3.8, 4) is 5.75 Å². The minimum Gasteiger partial charge on any atom is -0.507 e. The summed E-state index contributed by atoms with van der Waals surface area (Å²) in [5.41, 5.74) is 1.97. The second-order valence-corrected chi connectivity index (χ2v) is 6.85. The number of amides is 1. The van der Waals surface area contributed by atoms with Crippen LogP contribution in [0.1, 0.15) is 41.8 Å². The van der Waals surface area contributed by atoms with Crippen LogP contribution in [0.3, 0.4) is 0 Å². The highest BCUT2D eigenvalue weighted by Crippen LogP contribution is 2.31. The van der Waals surface area contributed by atoms with Crippen molar-refractivity contribution >= 4 is 29.4 Å². The Morgan fingerprint density at radius 3 is 2.64 bits per heavy atom. The molecule has 0 spiro atoms. The standard InChI is InChI=1S/C20H21ClN2O2/c1-4-9-20(2,3)14-6-8-18(24)15(11-14)19(25)23-17-7-5-13(12-22)10-16(17)21/h4-8,10-12,22,24H,1,9H2,2-3H3,(H,23,25). The van der Waals surface area contributed by atoms with Gasteiger partial charge in [0, 0.05) is 6.21 Å². The Kier molecular flexibility index (Phi) is 5.65. The van der Waals surface area contributed by atoms with Crippen LogP contribution < -0.4 is 5.32 Å². The lowest BCUT2D eigenvalue weighted by Crippen LogP contribution is -2.18. The summed E-state index contributed by atoms with van der Waals surface area (Å²) in [4.78, 5) is 12.6. The summed E-state index contributed by atoms with van der Waals surface area (Å²) in [5.74, 6) is -0.541. The third-order valence-electron chi connectivity index (χ3n) is 4.09. The van der Waals surface area contributed by atoms with E-state index >= 15 is 0 Å². The lowest BCUT2D eigenvalue weighted by atomic mass is 9.81. The molecule has 25 heavy (non-hydrogen) atoms. The monoisotopic (exact) mass is 356 g/mol. The van der Waals surface area contributed by atoms with Gasteiger partial charge in [0.05, 0.1) is 16.3 Å². The van der Waals surface area contributed by atoms with Crippen molar-refractivity contribution in [1.29, 1.82) is 5.41 Å². The molecule has 0 aromatic heterocycles. The molecular formula is C20H21ClN2O2. The fraction of sp³-hybridized carbons (Fsp3) is 0.200. The lowest BCUT2D eigenvalue weighted by Gasteiger charge is -2.24. The number of phenolic OH excluding ortho intramolecular Hbond substituents is 1. The van der Waals surface area contributed by atoms with E-state index in [1.165, 1.54) is 12.3 Å². The van der Waals surface area contributed by atoms with Crippen LogP contribution in [0.25, 0.3) is 0 Å². The van der Waals surface area contributed by atoms with Gasteiger partial charge in [-0.2, -0.15) is 0 Å². The van der Waals surface area contributed by atoms with Gasteiger partial charge in [-0.3, -0.25) is 4.79 Å². The van der Waals surface area contributed by atoms with E-state index in [2.05, 4.69) is 25.7 Å². The number of rotatable bonds is 6. The Hall–Kier alpha value is -2.59. The predicted octanol–water partition coefficient (Wildman–Crippen LogP) is 5.15. The van der Waals surface area contributed by atoms with E-state index in [1.807, 2.05) is 12.1 Å². The number of aromatic hydroxyl groups is 1. The van der Waals surface area contributed by atoms with Crippen LogP contribution >= 0.6 is 11.6 Å². The van der Waals surface area contributed by atoms with Gasteiger partial charge < -0.3 is 15.8 Å². The third kappa shape index (κ3) is 4.28. The molecule has 0 atom stereocenters. The van der Waals surface area contributed by atoms with E-state index in [0.717, 1.165) is 12.0 Å². The molecule has 0 aliphatic carbocycles. The van der Waals surface area contributed by atoms with E-state index in [1.54, 1.807) is 24.3 Å². The summed E-state index contributed by atoms with van der Waals surface area (Å²) >= 11 is 6.13. The summed E-state index contributed by atoms with van der Waals surface area (Å²) in [6.45, 7) is 7.87. The van der Waals surface area contributed by atoms with E-state index in [4.69, 9.17) is 17.0 Å². The minimum atomic E-state index is -0.446. The van der Waals surface area contributed by atoms with E-state index < -0.39 is 5.91 Å². The number of halogens is 1. The number of carbonyl (C=O) groups excluding carboxylic acids is 1. The Balaban J connectivity index is 2.33. The number of benzene rings is 2. The van der Waals surface area contributed by atoms with Gasteiger partial charge in [0.15, 0.2) is 0 Å². The number of hydrogen-bond acceptors (Lipinski definition) is 3. The largest absolute Gasteiger partial charge is 0.507 e. The zero-order valence-corrected chi connectivity index (χ0v) is 15.0. The fourth-order valence-corrected chi connectivity index (χ4v) is 2.77. The summed E-state index contributed by atoms with van der Waals surface area (Å²) in [6, 6.07) is 9.92. The van der Waals surface area contributed by atoms with Crippen molar-refractivity contribution in [1.82, 2.24) is 0 Å². The van der Waals surface area contributed by atoms with Gasteiger partial charge in [0.25, 0.3) is 5.91 Å². The summed E-state index contributed by atoms with van der Waals surface area (Å²) < 4.78 is 0. The molecule has 0 heterocycles. The van der Waals surface area contributed by atoms with Crippen molar-refractivity contribution in [3.05, 3.63) is 70.8 Å². The first-order valence-electron chi connectivity index (χ1n) is 7.84. The molecule has 3 N–H and O–H groups in total. The molecule has 130 valence electrons. The van der Waals surface area contributed by atoms with Gasteiger partial charge in [-0.15, -0.1) is 6.58 Å². The average Bonchev–Trinajstić information content (AvgIpc) is 2.56. The number of allylic oxidation sites excluding steroid dienone is 1. The van der Waals surface area contributed by atoms with Crippen molar-refractivity contribution < 1.29 is 9.90 Å². The predicted molar refractivity (Wildman–Crippen MR) is 103 cm³/mol. The van der Waals surface area contributed by atoms with Gasteiger partial charge in [0.2, 0.25) is 0 Å². The topological polar surface area (TPSA) is 73.2 Å². The fourth-order valence-electron chi connectivity index (χ4n) is 2.53. The number of nitrogens with one attached hydrogen (secondary N) is 2. The molecule has 4 nitrogen and oxygen atoms in total. The highest BCUT2D eigenvalue weighted by atomic mass is 35.5. The summed E-state index contributed by atoms with van der Waals surface area (Å²) in [5, 5.41) is 20.3. The first-order valence-corrected chi connectivity index (χ1v) is 8.22. The smallest absolute Gasteiger partial charge is 0.259 e. The normalized spacial score (nSPS) is 11.0. The number of anilines is 1. The maximum absolute atomic E-state index is 12.6. The molecule has 0 bridgehead atoms. The van der Waals surface area contributed by atoms with Crippen LogP contribution in [-0.4, -0.2) is 17.2 Å². The minimum absolute atomic E-state index is 0.0945. The molecule has 0 unspecified atom stereocenters. The van der Waals surface area contributed by atoms with Crippen LogP contribution in [0.2, 0.25) is 5.02 Å². The molecule has 0 saturated carbocycles. The van der Waals surface area contributed by atoms with Crippen LogP contribution in [-0.2, 0) is 5.41 Å². The molecule has 0 radical (unpaired) electrons. The van der Waals surface area contributed by atoms with E-state index in [-0.39, 0.29) is 16.7 Å². The Morgan fingerprint density at radius 2 is 2.04 bits per heavy atom. The lowest BCUT2D eigenvalue weighted by molar-refractivity contribution is 0.102.